The predicted octanol–water partition coefficient (Wildman–Crippen LogP) is 4.90. The largest absolute Gasteiger partial charge is 0.422 e. The number of anilines is 1. The first-order valence-electron chi connectivity index (χ1n) is 8.95. The molecule has 1 amide bonds. The van der Waals surface area contributed by atoms with Crippen LogP contribution in [0.2, 0.25) is 5.02 Å². The van der Waals surface area contributed by atoms with E-state index in [9.17, 15) is 9.59 Å². The summed E-state index contributed by atoms with van der Waals surface area (Å²) in [5.74, 6) is -0.569. The second-order valence-electron chi connectivity index (χ2n) is 6.49. The Morgan fingerprint density at radius 1 is 0.900 bits per heavy atom. The minimum absolute atomic E-state index is 0.146. The summed E-state index contributed by atoms with van der Waals surface area (Å²) in [5.41, 5.74) is -0.00429. The van der Waals surface area contributed by atoms with E-state index in [2.05, 4.69) is 15.5 Å². The topological polar surface area (TPSA) is 98.2 Å². The summed E-state index contributed by atoms with van der Waals surface area (Å²) in [5, 5.41) is 13.0. The lowest BCUT2D eigenvalue weighted by molar-refractivity contribution is 0.102. The van der Waals surface area contributed by atoms with Crippen LogP contribution in [0, 0.1) is 0 Å². The standard InChI is InChI=1S/C22H12ClN3O4/c23-17-8-4-3-7-14(17)20-25-26-22(30-20)24-19(27)16-11-15-13-6-2-1-5-12(13)9-10-18(15)29-21(16)28/h1-11H,(H,24,26,27). The molecular weight excluding hydrogens is 406 g/mol. The Hall–Kier alpha value is -3.97. The first-order chi connectivity index (χ1) is 14.6. The van der Waals surface area contributed by atoms with Crippen molar-refractivity contribution >= 4 is 45.3 Å². The zero-order valence-electron chi connectivity index (χ0n) is 15.3. The number of nitrogens with zero attached hydrogens (tertiary/aromatic N) is 2. The number of carbonyl (C=O) groups is 1. The van der Waals surface area contributed by atoms with Gasteiger partial charge in [0.1, 0.15) is 11.1 Å². The van der Waals surface area contributed by atoms with E-state index >= 15 is 0 Å². The van der Waals surface area contributed by atoms with Gasteiger partial charge >= 0.3 is 11.6 Å². The molecule has 7 nitrogen and oxygen atoms in total. The van der Waals surface area contributed by atoms with Crippen molar-refractivity contribution in [2.45, 2.75) is 0 Å². The minimum Gasteiger partial charge on any atom is -0.422 e. The second kappa shape index (κ2) is 7.13. The second-order valence-corrected chi connectivity index (χ2v) is 6.90. The van der Waals surface area contributed by atoms with Gasteiger partial charge in [-0.15, -0.1) is 5.10 Å². The molecule has 2 heterocycles. The summed E-state index contributed by atoms with van der Waals surface area (Å²) >= 11 is 6.12. The number of carbonyl (C=O) groups excluding carboxylic acids is 1. The lowest BCUT2D eigenvalue weighted by Gasteiger charge is -2.05. The Balaban J connectivity index is 1.51. The highest BCUT2D eigenvalue weighted by atomic mass is 35.5. The summed E-state index contributed by atoms with van der Waals surface area (Å²) in [6.45, 7) is 0. The lowest BCUT2D eigenvalue weighted by Crippen LogP contribution is -2.20. The van der Waals surface area contributed by atoms with Crippen molar-refractivity contribution < 1.29 is 13.6 Å². The number of fused-ring (bicyclic) bond motifs is 3. The number of hydrogen-bond acceptors (Lipinski definition) is 6. The number of nitrogens with one attached hydrogen (secondary N) is 1. The Labute approximate surface area is 173 Å². The summed E-state index contributed by atoms with van der Waals surface area (Å²) in [4.78, 5) is 25.1. The SMILES string of the molecule is O=C(Nc1nnc(-c2ccccc2Cl)o1)c1cc2c(ccc3ccccc32)oc1=O. The molecule has 0 spiro atoms. The molecule has 146 valence electrons. The highest BCUT2D eigenvalue weighted by Crippen LogP contribution is 2.28. The maximum absolute atomic E-state index is 12.7. The third-order valence-corrected chi connectivity index (χ3v) is 4.97. The normalized spacial score (nSPS) is 11.1. The highest BCUT2D eigenvalue weighted by molar-refractivity contribution is 6.33. The minimum atomic E-state index is -0.763. The molecule has 5 rings (SSSR count). The molecule has 0 aliphatic rings. The van der Waals surface area contributed by atoms with Gasteiger partial charge in [-0.25, -0.2) is 4.79 Å². The molecule has 2 aromatic heterocycles. The molecule has 30 heavy (non-hydrogen) atoms. The maximum atomic E-state index is 12.7. The molecule has 0 saturated heterocycles. The Bertz CT molecular complexity index is 1490. The molecule has 0 unspecified atom stereocenters. The fourth-order valence-electron chi connectivity index (χ4n) is 3.21. The van der Waals surface area contributed by atoms with Crippen LogP contribution >= 0.6 is 11.6 Å². The van der Waals surface area contributed by atoms with Gasteiger partial charge in [0.05, 0.1) is 10.6 Å². The molecule has 0 radical (unpaired) electrons. The fourth-order valence-corrected chi connectivity index (χ4v) is 3.43. The van der Waals surface area contributed by atoms with E-state index in [1.54, 1.807) is 30.3 Å². The first-order valence-corrected chi connectivity index (χ1v) is 9.33. The Morgan fingerprint density at radius 2 is 1.70 bits per heavy atom. The zero-order chi connectivity index (χ0) is 20.7. The van der Waals surface area contributed by atoms with Crippen molar-refractivity contribution in [3.63, 3.8) is 0 Å². The van der Waals surface area contributed by atoms with E-state index in [1.165, 1.54) is 6.07 Å². The van der Waals surface area contributed by atoms with Gasteiger partial charge in [-0.2, -0.15) is 0 Å². The monoisotopic (exact) mass is 417 g/mol. The van der Waals surface area contributed by atoms with Crippen LogP contribution in [0.3, 0.4) is 0 Å². The third-order valence-electron chi connectivity index (χ3n) is 4.64. The number of aromatic nitrogens is 2. The fraction of sp³-hybridized carbons (Fsp3) is 0. The predicted molar refractivity (Wildman–Crippen MR) is 113 cm³/mol. The van der Waals surface area contributed by atoms with E-state index < -0.39 is 11.5 Å². The third kappa shape index (κ3) is 3.11. The van der Waals surface area contributed by atoms with Crippen molar-refractivity contribution in [3.05, 3.63) is 87.7 Å². The van der Waals surface area contributed by atoms with E-state index in [1.807, 2.05) is 30.3 Å². The number of halogens is 1. The molecule has 0 aliphatic heterocycles. The lowest BCUT2D eigenvalue weighted by atomic mass is 10.0. The summed E-state index contributed by atoms with van der Waals surface area (Å²) in [7, 11) is 0. The molecule has 0 fully saturated rings. The number of benzene rings is 3. The summed E-state index contributed by atoms with van der Waals surface area (Å²) in [6.07, 6.45) is 0. The van der Waals surface area contributed by atoms with Crippen LogP contribution in [0.1, 0.15) is 10.4 Å². The maximum Gasteiger partial charge on any atom is 0.349 e. The van der Waals surface area contributed by atoms with Gasteiger partial charge in [0.15, 0.2) is 0 Å². The Morgan fingerprint density at radius 3 is 2.57 bits per heavy atom. The van der Waals surface area contributed by atoms with Crippen molar-refractivity contribution in [3.8, 4) is 11.5 Å². The average molecular weight is 418 g/mol. The molecular formula is C22H12ClN3O4. The van der Waals surface area contributed by atoms with Crippen LogP contribution in [0.4, 0.5) is 6.01 Å². The summed E-state index contributed by atoms with van der Waals surface area (Å²) < 4.78 is 10.8. The first kappa shape index (κ1) is 18.1. The molecule has 5 aromatic rings. The number of hydrogen-bond donors (Lipinski definition) is 1. The van der Waals surface area contributed by atoms with Gasteiger partial charge in [0, 0.05) is 5.39 Å². The van der Waals surface area contributed by atoms with Crippen LogP contribution in [0.15, 0.2) is 80.4 Å². The van der Waals surface area contributed by atoms with E-state index in [-0.39, 0.29) is 17.5 Å². The van der Waals surface area contributed by atoms with Gasteiger partial charge < -0.3 is 8.83 Å². The van der Waals surface area contributed by atoms with Crippen molar-refractivity contribution in [1.29, 1.82) is 0 Å². The molecule has 1 N–H and O–H groups in total. The molecule has 0 saturated carbocycles. The molecule has 0 atom stereocenters. The smallest absolute Gasteiger partial charge is 0.349 e. The van der Waals surface area contributed by atoms with Crippen LogP contribution in [-0.2, 0) is 0 Å². The molecule has 8 heteroatoms. The molecule has 0 bridgehead atoms. The quantitative estimate of drug-likeness (QED) is 0.331. The van der Waals surface area contributed by atoms with E-state index in [0.717, 1.165) is 10.8 Å². The van der Waals surface area contributed by atoms with Gasteiger partial charge in [0.25, 0.3) is 11.8 Å². The van der Waals surface area contributed by atoms with Crippen molar-refractivity contribution in [2.24, 2.45) is 0 Å². The van der Waals surface area contributed by atoms with Crippen LogP contribution in [0.25, 0.3) is 33.2 Å². The van der Waals surface area contributed by atoms with E-state index in [0.29, 0.717) is 21.6 Å². The van der Waals surface area contributed by atoms with Crippen LogP contribution < -0.4 is 10.9 Å². The van der Waals surface area contributed by atoms with E-state index in [4.69, 9.17) is 20.4 Å². The average Bonchev–Trinajstić information content (AvgIpc) is 3.21. The molecule has 3 aromatic carbocycles. The van der Waals surface area contributed by atoms with Crippen LogP contribution in [0.5, 0.6) is 0 Å². The van der Waals surface area contributed by atoms with Crippen molar-refractivity contribution in [2.75, 3.05) is 5.32 Å². The van der Waals surface area contributed by atoms with Gasteiger partial charge in [0.2, 0.25) is 0 Å². The van der Waals surface area contributed by atoms with Gasteiger partial charge in [-0.1, -0.05) is 59.2 Å². The zero-order valence-corrected chi connectivity index (χ0v) is 16.0. The number of amides is 1. The summed E-state index contributed by atoms with van der Waals surface area (Å²) in [6, 6.07) is 19.5. The molecule has 0 aliphatic carbocycles. The Kier molecular flexibility index (Phi) is 4.30. The van der Waals surface area contributed by atoms with Gasteiger partial charge in [-0.3, -0.25) is 10.1 Å². The highest BCUT2D eigenvalue weighted by Gasteiger charge is 2.18. The van der Waals surface area contributed by atoms with Gasteiger partial charge in [-0.05, 0) is 35.0 Å². The number of rotatable bonds is 3. The van der Waals surface area contributed by atoms with Crippen LogP contribution in [-0.4, -0.2) is 16.1 Å². The van der Waals surface area contributed by atoms with Crippen molar-refractivity contribution in [1.82, 2.24) is 10.2 Å².